The largest absolute Gasteiger partial charge is 0.375 e. The molecule has 0 saturated carbocycles. The molecule has 0 saturated heterocycles. The van der Waals surface area contributed by atoms with E-state index in [2.05, 4.69) is 28.6 Å². The van der Waals surface area contributed by atoms with Gasteiger partial charge in [-0.05, 0) is 38.7 Å². The number of nitrogens with zero attached hydrogens (tertiary/aromatic N) is 3. The van der Waals surface area contributed by atoms with E-state index >= 15 is 0 Å². The molecule has 2 aromatic heterocycles. The Kier molecular flexibility index (Phi) is 2.43. The van der Waals surface area contributed by atoms with Crippen molar-refractivity contribution in [2.75, 3.05) is 5.73 Å². The van der Waals surface area contributed by atoms with Crippen molar-refractivity contribution >= 4 is 16.5 Å². The average Bonchev–Trinajstić information content (AvgIpc) is 2.79. The van der Waals surface area contributed by atoms with Crippen LogP contribution in [0.4, 0.5) is 5.13 Å². The van der Waals surface area contributed by atoms with Gasteiger partial charge in [-0.1, -0.05) is 11.3 Å². The fraction of sp³-hybridized carbons (Fsp3) is 0.500. The molecular weight excluding hydrogens is 232 g/mol. The molecule has 4 nitrogen and oxygen atoms in total. The standard InChI is InChI=1S/C12H16N4S/c1-7(2)16-10-8(6-14-16)4-3-5-9-11(10)17-12(13)15-9/h6-7H,3-5H2,1-2H3,(H2,13,15). The number of aromatic nitrogens is 3. The number of hydrogen-bond donors (Lipinski definition) is 1. The summed E-state index contributed by atoms with van der Waals surface area (Å²) in [6.07, 6.45) is 5.24. The molecule has 3 rings (SSSR count). The van der Waals surface area contributed by atoms with Gasteiger partial charge in [0, 0.05) is 6.04 Å². The highest BCUT2D eigenvalue weighted by atomic mass is 32.1. The Hall–Kier alpha value is -1.36. The summed E-state index contributed by atoms with van der Waals surface area (Å²) in [5.41, 5.74) is 9.56. The number of hydrogen-bond acceptors (Lipinski definition) is 4. The predicted molar refractivity (Wildman–Crippen MR) is 70.2 cm³/mol. The van der Waals surface area contributed by atoms with E-state index in [1.165, 1.54) is 16.1 Å². The van der Waals surface area contributed by atoms with Crippen LogP contribution in [-0.2, 0) is 12.8 Å². The Balaban J connectivity index is 2.25. The summed E-state index contributed by atoms with van der Waals surface area (Å²) in [5.74, 6) is 0. The highest BCUT2D eigenvalue weighted by Gasteiger charge is 2.23. The quantitative estimate of drug-likeness (QED) is 0.844. The average molecular weight is 248 g/mol. The third kappa shape index (κ3) is 1.65. The molecule has 0 aromatic carbocycles. The van der Waals surface area contributed by atoms with E-state index in [0.717, 1.165) is 25.0 Å². The number of rotatable bonds is 1. The minimum Gasteiger partial charge on any atom is -0.375 e. The number of thiazole rings is 1. The molecule has 5 heteroatoms. The van der Waals surface area contributed by atoms with Gasteiger partial charge in [0.05, 0.1) is 22.5 Å². The van der Waals surface area contributed by atoms with Crippen molar-refractivity contribution in [2.24, 2.45) is 0 Å². The molecule has 1 aliphatic carbocycles. The predicted octanol–water partition coefficient (Wildman–Crippen LogP) is 2.66. The summed E-state index contributed by atoms with van der Waals surface area (Å²) in [7, 11) is 0. The Morgan fingerprint density at radius 1 is 1.41 bits per heavy atom. The van der Waals surface area contributed by atoms with E-state index in [1.807, 2.05) is 6.20 Å². The molecule has 2 heterocycles. The minimum atomic E-state index is 0.369. The lowest BCUT2D eigenvalue weighted by Gasteiger charge is -2.10. The van der Waals surface area contributed by atoms with Gasteiger partial charge in [0.15, 0.2) is 5.13 Å². The van der Waals surface area contributed by atoms with Crippen molar-refractivity contribution in [3.05, 3.63) is 17.5 Å². The van der Waals surface area contributed by atoms with Gasteiger partial charge in [-0.2, -0.15) is 5.10 Å². The maximum absolute atomic E-state index is 5.84. The minimum absolute atomic E-state index is 0.369. The topological polar surface area (TPSA) is 56.7 Å². The summed E-state index contributed by atoms with van der Waals surface area (Å²) in [5, 5.41) is 5.17. The van der Waals surface area contributed by atoms with E-state index in [-0.39, 0.29) is 0 Å². The molecule has 0 spiro atoms. The van der Waals surface area contributed by atoms with Gasteiger partial charge in [0.1, 0.15) is 0 Å². The first-order valence-electron chi connectivity index (χ1n) is 5.98. The summed E-state index contributed by atoms with van der Waals surface area (Å²) < 4.78 is 2.09. The first-order chi connectivity index (χ1) is 8.16. The fourth-order valence-electron chi connectivity index (χ4n) is 2.39. The Morgan fingerprint density at radius 2 is 2.24 bits per heavy atom. The number of anilines is 1. The van der Waals surface area contributed by atoms with Gasteiger partial charge < -0.3 is 5.73 Å². The zero-order chi connectivity index (χ0) is 12.0. The lowest BCUT2D eigenvalue weighted by atomic mass is 10.1. The molecule has 17 heavy (non-hydrogen) atoms. The molecule has 0 radical (unpaired) electrons. The lowest BCUT2D eigenvalue weighted by molar-refractivity contribution is 0.538. The monoisotopic (exact) mass is 248 g/mol. The lowest BCUT2D eigenvalue weighted by Crippen LogP contribution is -2.04. The second-order valence-corrected chi connectivity index (χ2v) is 5.77. The van der Waals surface area contributed by atoms with Crippen LogP contribution in [0.1, 0.15) is 37.6 Å². The molecule has 2 N–H and O–H groups in total. The van der Waals surface area contributed by atoms with Gasteiger partial charge in [-0.25, -0.2) is 4.98 Å². The normalized spacial score (nSPS) is 14.5. The van der Waals surface area contributed by atoms with Crippen LogP contribution in [-0.4, -0.2) is 14.8 Å². The summed E-state index contributed by atoms with van der Waals surface area (Å²) in [6.45, 7) is 4.31. The number of fused-ring (bicyclic) bond motifs is 3. The van der Waals surface area contributed by atoms with Crippen LogP contribution >= 0.6 is 11.3 Å². The Morgan fingerprint density at radius 3 is 3.00 bits per heavy atom. The van der Waals surface area contributed by atoms with Crippen molar-refractivity contribution in [1.29, 1.82) is 0 Å². The molecule has 0 amide bonds. The van der Waals surface area contributed by atoms with E-state index in [9.17, 15) is 0 Å². The summed E-state index contributed by atoms with van der Waals surface area (Å²) in [4.78, 5) is 5.67. The van der Waals surface area contributed by atoms with Crippen LogP contribution in [0.25, 0.3) is 10.6 Å². The van der Waals surface area contributed by atoms with Crippen molar-refractivity contribution < 1.29 is 0 Å². The zero-order valence-electron chi connectivity index (χ0n) is 10.1. The van der Waals surface area contributed by atoms with E-state index in [1.54, 1.807) is 11.3 Å². The second-order valence-electron chi connectivity index (χ2n) is 4.74. The van der Waals surface area contributed by atoms with Crippen LogP contribution < -0.4 is 5.73 Å². The highest BCUT2D eigenvalue weighted by molar-refractivity contribution is 7.18. The van der Waals surface area contributed by atoms with Gasteiger partial charge in [-0.15, -0.1) is 0 Å². The number of nitrogen functional groups attached to an aromatic ring is 1. The fourth-order valence-corrected chi connectivity index (χ4v) is 3.34. The number of nitrogens with two attached hydrogens (primary N) is 1. The van der Waals surface area contributed by atoms with Gasteiger partial charge >= 0.3 is 0 Å². The zero-order valence-corrected chi connectivity index (χ0v) is 10.9. The first-order valence-corrected chi connectivity index (χ1v) is 6.80. The van der Waals surface area contributed by atoms with E-state index in [0.29, 0.717) is 11.2 Å². The molecule has 0 bridgehead atoms. The van der Waals surface area contributed by atoms with Crippen molar-refractivity contribution in [1.82, 2.24) is 14.8 Å². The third-order valence-electron chi connectivity index (χ3n) is 3.15. The molecule has 1 aliphatic rings. The Bertz CT molecular complexity index is 553. The van der Waals surface area contributed by atoms with Crippen LogP contribution in [0.2, 0.25) is 0 Å². The molecule has 0 aliphatic heterocycles. The highest BCUT2D eigenvalue weighted by Crippen LogP contribution is 2.38. The molecule has 0 unspecified atom stereocenters. The maximum atomic E-state index is 5.84. The molecule has 2 aromatic rings. The maximum Gasteiger partial charge on any atom is 0.180 e. The van der Waals surface area contributed by atoms with Crippen molar-refractivity contribution in [3.63, 3.8) is 0 Å². The van der Waals surface area contributed by atoms with Gasteiger partial charge in [0.2, 0.25) is 0 Å². The summed E-state index contributed by atoms with van der Waals surface area (Å²) in [6, 6.07) is 0.369. The van der Waals surface area contributed by atoms with Gasteiger partial charge in [-0.3, -0.25) is 4.68 Å². The molecule has 0 atom stereocenters. The van der Waals surface area contributed by atoms with Gasteiger partial charge in [0.25, 0.3) is 0 Å². The first kappa shape index (κ1) is 10.8. The molecular formula is C12H16N4S. The molecule has 0 fully saturated rings. The smallest absolute Gasteiger partial charge is 0.180 e. The van der Waals surface area contributed by atoms with Crippen molar-refractivity contribution in [2.45, 2.75) is 39.2 Å². The van der Waals surface area contributed by atoms with Crippen LogP contribution in [0.15, 0.2) is 6.20 Å². The van der Waals surface area contributed by atoms with Crippen molar-refractivity contribution in [3.8, 4) is 10.6 Å². The summed E-state index contributed by atoms with van der Waals surface area (Å²) >= 11 is 1.59. The van der Waals surface area contributed by atoms with Crippen LogP contribution in [0, 0.1) is 0 Å². The second kappa shape index (κ2) is 3.84. The SMILES string of the molecule is CC(C)n1ncc2c1-c1sc(N)nc1CCC2. The van der Waals surface area contributed by atoms with E-state index < -0.39 is 0 Å². The van der Waals surface area contributed by atoms with Crippen LogP contribution in [0.5, 0.6) is 0 Å². The molecule has 90 valence electrons. The van der Waals surface area contributed by atoms with E-state index in [4.69, 9.17) is 5.73 Å². The Labute approximate surface area is 104 Å². The third-order valence-corrected chi connectivity index (χ3v) is 4.08. The van der Waals surface area contributed by atoms with Crippen LogP contribution in [0.3, 0.4) is 0 Å². The number of aryl methyl sites for hydroxylation is 2.